The predicted molar refractivity (Wildman–Crippen MR) is 144 cm³/mol. The van der Waals surface area contributed by atoms with Crippen LogP contribution in [0.4, 0.5) is 0 Å². The van der Waals surface area contributed by atoms with E-state index in [1.165, 1.54) is 38.5 Å². The lowest BCUT2D eigenvalue weighted by molar-refractivity contribution is -0.138. The van der Waals surface area contributed by atoms with Gasteiger partial charge >= 0.3 is 5.97 Å². The van der Waals surface area contributed by atoms with Crippen LogP contribution >= 0.6 is 0 Å². The van der Waals surface area contributed by atoms with E-state index in [1.807, 2.05) is 6.07 Å². The summed E-state index contributed by atoms with van der Waals surface area (Å²) < 4.78 is 5.02. The predicted octanol–water partition coefficient (Wildman–Crippen LogP) is 7.53. The first-order valence-electron chi connectivity index (χ1n) is 14.5. The van der Waals surface area contributed by atoms with Gasteiger partial charge in [-0.3, -0.25) is 0 Å². The Morgan fingerprint density at radius 2 is 1.83 bits per heavy atom. The maximum atomic E-state index is 12.0. The Kier molecular flexibility index (Phi) is 7.32. The lowest BCUT2D eigenvalue weighted by Crippen LogP contribution is -2.55. The van der Waals surface area contributed by atoms with Crippen LogP contribution in [0.2, 0.25) is 0 Å². The average Bonchev–Trinajstić information content (AvgIpc) is 3.11. The Morgan fingerprint density at radius 1 is 1.11 bits per heavy atom. The molecule has 4 heteroatoms. The molecule has 1 N–H and O–H groups in total. The standard InChI is InChI=1S/C32H49NO3/c1-8-36-28(35)22(20-33)11-9-10-21(2)23-14-18-32(7)25-12-13-26-29(3,4)27(34)16-17-30(26,5)24(25)15-19-31(23,32)6/h11,21,23,26-27,34H,8-10,12-19H2,1-7H3/b22-11+/t21-,23-,26+,27+,30-,31-,32+/m1/s1. The van der Waals surface area contributed by atoms with Crippen molar-refractivity contribution in [2.75, 3.05) is 6.61 Å². The Balaban J connectivity index is 1.55. The van der Waals surface area contributed by atoms with Crippen LogP contribution in [0.15, 0.2) is 22.8 Å². The van der Waals surface area contributed by atoms with Crippen molar-refractivity contribution in [2.45, 2.75) is 119 Å². The van der Waals surface area contributed by atoms with Gasteiger partial charge in [0.05, 0.1) is 12.7 Å². The summed E-state index contributed by atoms with van der Waals surface area (Å²) in [4.78, 5) is 12.0. The van der Waals surface area contributed by atoms with E-state index in [1.54, 1.807) is 24.1 Å². The molecule has 0 aromatic rings. The van der Waals surface area contributed by atoms with Crippen LogP contribution in [0, 0.1) is 50.7 Å². The largest absolute Gasteiger partial charge is 0.462 e. The molecule has 0 heterocycles. The number of esters is 1. The van der Waals surface area contributed by atoms with Crippen molar-refractivity contribution in [3.8, 4) is 6.07 Å². The van der Waals surface area contributed by atoms with Crippen LogP contribution in [-0.2, 0) is 9.53 Å². The maximum absolute atomic E-state index is 12.0. The Bertz CT molecular complexity index is 986. The fraction of sp³-hybridized carbons (Fsp3) is 0.812. The molecule has 2 fully saturated rings. The fourth-order valence-corrected chi connectivity index (χ4v) is 9.70. The normalized spacial score (nSPS) is 40.5. The van der Waals surface area contributed by atoms with Crippen LogP contribution in [-0.4, -0.2) is 23.8 Å². The molecule has 4 aliphatic carbocycles. The van der Waals surface area contributed by atoms with Gasteiger partial charge in [0, 0.05) is 0 Å². The molecule has 0 spiro atoms. The van der Waals surface area contributed by atoms with Gasteiger partial charge in [-0.1, -0.05) is 58.8 Å². The van der Waals surface area contributed by atoms with E-state index in [-0.39, 0.29) is 27.9 Å². The number of hydrogen-bond acceptors (Lipinski definition) is 4. The van der Waals surface area contributed by atoms with Crippen LogP contribution in [0.25, 0.3) is 0 Å². The second-order valence-electron chi connectivity index (χ2n) is 13.7. The Morgan fingerprint density at radius 3 is 2.50 bits per heavy atom. The molecule has 0 unspecified atom stereocenters. The van der Waals surface area contributed by atoms with Crippen molar-refractivity contribution in [2.24, 2.45) is 39.4 Å². The highest BCUT2D eigenvalue weighted by Crippen LogP contribution is 2.72. The highest BCUT2D eigenvalue weighted by atomic mass is 16.5. The van der Waals surface area contributed by atoms with E-state index in [0.29, 0.717) is 29.8 Å². The molecule has 36 heavy (non-hydrogen) atoms. The summed E-state index contributed by atoms with van der Waals surface area (Å²) in [6.07, 6.45) is 12.8. The monoisotopic (exact) mass is 495 g/mol. The van der Waals surface area contributed by atoms with Gasteiger partial charge in [-0.15, -0.1) is 0 Å². The van der Waals surface area contributed by atoms with Gasteiger partial charge in [-0.25, -0.2) is 4.79 Å². The van der Waals surface area contributed by atoms with E-state index in [9.17, 15) is 15.2 Å². The maximum Gasteiger partial charge on any atom is 0.348 e. The second-order valence-corrected chi connectivity index (χ2v) is 13.7. The van der Waals surface area contributed by atoms with Crippen molar-refractivity contribution in [1.29, 1.82) is 5.26 Å². The molecule has 7 atom stereocenters. The van der Waals surface area contributed by atoms with E-state index in [2.05, 4.69) is 41.5 Å². The summed E-state index contributed by atoms with van der Waals surface area (Å²) >= 11 is 0. The van der Waals surface area contributed by atoms with Gasteiger partial charge < -0.3 is 9.84 Å². The minimum Gasteiger partial charge on any atom is -0.462 e. The molecule has 200 valence electrons. The van der Waals surface area contributed by atoms with E-state index >= 15 is 0 Å². The number of carbonyl (C=O) groups excluding carboxylic acids is 1. The van der Waals surface area contributed by atoms with Crippen molar-refractivity contribution < 1.29 is 14.6 Å². The van der Waals surface area contributed by atoms with E-state index < -0.39 is 5.97 Å². The van der Waals surface area contributed by atoms with Crippen LogP contribution in [0.3, 0.4) is 0 Å². The quantitative estimate of drug-likeness (QED) is 0.179. The van der Waals surface area contributed by atoms with Crippen LogP contribution in [0.5, 0.6) is 0 Å². The number of rotatable bonds is 6. The SMILES string of the molecule is CCOC(=O)/C(C#N)=C/CC[C@@H](C)[C@H]1CC[C@@]2(C)C3=C(CC[C@]12C)[C@@]1(C)CC[C@H](O)C(C)(C)[C@@H]1CC3. The summed E-state index contributed by atoms with van der Waals surface area (Å²) in [5.41, 5.74) is 4.46. The van der Waals surface area contributed by atoms with Crippen molar-refractivity contribution in [3.63, 3.8) is 0 Å². The van der Waals surface area contributed by atoms with E-state index in [4.69, 9.17) is 4.74 Å². The molecule has 2 saturated carbocycles. The molecule has 0 aromatic carbocycles. The zero-order chi connectivity index (χ0) is 26.5. The van der Waals surface area contributed by atoms with Gasteiger partial charge in [0.25, 0.3) is 0 Å². The third-order valence-corrected chi connectivity index (χ3v) is 12.1. The molecule has 4 rings (SSSR count). The van der Waals surface area contributed by atoms with Crippen molar-refractivity contribution in [3.05, 3.63) is 22.8 Å². The molecule has 0 radical (unpaired) electrons. The number of nitrogens with zero attached hydrogens (tertiary/aromatic N) is 1. The highest BCUT2D eigenvalue weighted by molar-refractivity contribution is 5.92. The van der Waals surface area contributed by atoms with Gasteiger partial charge in [0.2, 0.25) is 0 Å². The third kappa shape index (κ3) is 4.00. The Hall–Kier alpha value is -1.60. The zero-order valence-corrected chi connectivity index (χ0v) is 23.9. The highest BCUT2D eigenvalue weighted by Gasteiger charge is 2.63. The first-order valence-corrected chi connectivity index (χ1v) is 14.5. The molecule has 0 aliphatic heterocycles. The summed E-state index contributed by atoms with van der Waals surface area (Å²) in [5, 5.41) is 20.2. The molecule has 0 saturated heterocycles. The molecular formula is C32H49NO3. The number of carbonyl (C=O) groups is 1. The van der Waals surface area contributed by atoms with Gasteiger partial charge in [-0.05, 0) is 111 Å². The molecule has 0 amide bonds. The van der Waals surface area contributed by atoms with Crippen molar-refractivity contribution in [1.82, 2.24) is 0 Å². The lowest BCUT2D eigenvalue weighted by atomic mass is 9.43. The number of hydrogen-bond donors (Lipinski definition) is 1. The minimum absolute atomic E-state index is 0.0146. The van der Waals surface area contributed by atoms with Gasteiger partial charge in [-0.2, -0.15) is 5.26 Å². The van der Waals surface area contributed by atoms with E-state index in [0.717, 1.165) is 25.7 Å². The number of nitriles is 1. The number of fused-ring (bicyclic) bond motifs is 4. The molecule has 0 aromatic heterocycles. The summed E-state index contributed by atoms with van der Waals surface area (Å²) in [7, 11) is 0. The van der Waals surface area contributed by atoms with Crippen molar-refractivity contribution >= 4 is 5.97 Å². The molecule has 0 bridgehead atoms. The van der Waals surface area contributed by atoms with Gasteiger partial charge in [0.1, 0.15) is 11.6 Å². The number of aliphatic hydroxyl groups is 1. The second kappa shape index (κ2) is 9.61. The average molecular weight is 496 g/mol. The topological polar surface area (TPSA) is 70.3 Å². The first kappa shape index (κ1) is 27.4. The van der Waals surface area contributed by atoms with Crippen LogP contribution in [0.1, 0.15) is 113 Å². The number of ether oxygens (including phenoxy) is 1. The minimum atomic E-state index is -0.498. The first-order chi connectivity index (χ1) is 16.9. The van der Waals surface area contributed by atoms with Crippen LogP contribution < -0.4 is 0 Å². The smallest absolute Gasteiger partial charge is 0.348 e. The molecular weight excluding hydrogens is 446 g/mol. The molecule has 4 nitrogen and oxygen atoms in total. The lowest BCUT2D eigenvalue weighted by Gasteiger charge is -2.62. The van der Waals surface area contributed by atoms with Gasteiger partial charge in [0.15, 0.2) is 0 Å². The number of aliphatic hydroxyl groups excluding tert-OH is 1. The molecule has 4 aliphatic rings. The third-order valence-electron chi connectivity index (χ3n) is 12.1. The summed E-state index contributed by atoms with van der Waals surface area (Å²) in [6.45, 7) is 16.7. The Labute approximate surface area is 219 Å². The zero-order valence-electron chi connectivity index (χ0n) is 23.9. The summed E-state index contributed by atoms with van der Waals surface area (Å²) in [5.74, 6) is 1.28. The number of allylic oxidation sites excluding steroid dienone is 3. The summed E-state index contributed by atoms with van der Waals surface area (Å²) in [6, 6.07) is 2.02. The fourth-order valence-electron chi connectivity index (χ4n) is 9.70.